The number of hydrogen-bond donors (Lipinski definition) is 3. The molecule has 4 fully saturated rings. The lowest BCUT2D eigenvalue weighted by atomic mass is 9.43. The molecule has 0 heterocycles. The zero-order chi connectivity index (χ0) is 19.1. The van der Waals surface area contributed by atoms with Gasteiger partial charge in [0, 0.05) is 5.41 Å². The fourth-order valence-corrected chi connectivity index (χ4v) is 8.44. The Labute approximate surface area is 157 Å². The minimum absolute atomic E-state index is 0.0559. The smallest absolute Gasteiger partial charge is 0.162 e. The standard InChI is InChI=1S/C22H36O4/c1-12-9-17-16-6-5-14-10-15(24)7-8-20(14,3)19(16)18(25)11-21(17,4)22(12,26)13(2)23/h12,14-19,24-26H,5-11H2,1-4H3/t12?,14-,15?,16?,17?,18?,19?,20?,21?,22-/m0/s1. The molecule has 0 amide bonds. The van der Waals surface area contributed by atoms with E-state index in [1.165, 1.54) is 6.92 Å². The second-order valence-corrected chi connectivity index (χ2v) is 10.7. The third-order valence-electron chi connectivity index (χ3n) is 9.69. The van der Waals surface area contributed by atoms with Crippen molar-refractivity contribution in [2.75, 3.05) is 0 Å². The van der Waals surface area contributed by atoms with E-state index < -0.39 is 17.1 Å². The molecule has 4 heteroatoms. The minimum atomic E-state index is -1.32. The highest BCUT2D eigenvalue weighted by molar-refractivity contribution is 5.86. The van der Waals surface area contributed by atoms with Crippen molar-refractivity contribution in [1.82, 2.24) is 0 Å². The van der Waals surface area contributed by atoms with E-state index in [0.717, 1.165) is 38.5 Å². The van der Waals surface area contributed by atoms with E-state index in [1.807, 2.05) is 6.92 Å². The maximum absolute atomic E-state index is 12.5. The molecule has 4 aliphatic rings. The van der Waals surface area contributed by atoms with E-state index in [1.54, 1.807) is 0 Å². The lowest BCUT2D eigenvalue weighted by Crippen LogP contribution is -2.63. The second kappa shape index (κ2) is 5.78. The fraction of sp³-hybridized carbons (Fsp3) is 0.955. The molecule has 0 saturated heterocycles. The number of ketones is 1. The normalized spacial score (nSPS) is 59.3. The number of Topliss-reactive ketones (excluding diaryl/α,β-unsaturated/α-hetero) is 1. The Bertz CT molecular complexity index is 605. The lowest BCUT2D eigenvalue weighted by molar-refractivity contribution is -0.203. The van der Waals surface area contributed by atoms with Gasteiger partial charge in [-0.15, -0.1) is 0 Å². The molecule has 8 unspecified atom stereocenters. The molecular weight excluding hydrogens is 328 g/mol. The van der Waals surface area contributed by atoms with Crippen LogP contribution in [0.25, 0.3) is 0 Å². The van der Waals surface area contributed by atoms with Crippen molar-refractivity contribution < 1.29 is 20.1 Å². The molecule has 0 aliphatic heterocycles. The summed E-state index contributed by atoms with van der Waals surface area (Å²) < 4.78 is 0. The van der Waals surface area contributed by atoms with Gasteiger partial charge in [0.05, 0.1) is 12.2 Å². The number of carbonyl (C=O) groups is 1. The monoisotopic (exact) mass is 364 g/mol. The zero-order valence-electron chi connectivity index (χ0n) is 16.7. The predicted molar refractivity (Wildman–Crippen MR) is 99.3 cm³/mol. The number of aliphatic hydroxyl groups excluding tert-OH is 2. The summed E-state index contributed by atoms with van der Waals surface area (Å²) in [6.07, 6.45) is 5.56. The van der Waals surface area contributed by atoms with E-state index in [4.69, 9.17) is 0 Å². The van der Waals surface area contributed by atoms with Crippen LogP contribution in [0.1, 0.15) is 72.6 Å². The van der Waals surface area contributed by atoms with E-state index in [2.05, 4.69) is 13.8 Å². The molecule has 4 aliphatic carbocycles. The molecule has 10 atom stereocenters. The Hall–Kier alpha value is -0.450. The van der Waals surface area contributed by atoms with E-state index >= 15 is 0 Å². The van der Waals surface area contributed by atoms with Gasteiger partial charge in [0.15, 0.2) is 5.78 Å². The van der Waals surface area contributed by atoms with Gasteiger partial charge in [-0.2, -0.15) is 0 Å². The van der Waals surface area contributed by atoms with E-state index in [0.29, 0.717) is 24.2 Å². The molecule has 148 valence electrons. The van der Waals surface area contributed by atoms with Crippen LogP contribution in [0.4, 0.5) is 0 Å². The van der Waals surface area contributed by atoms with Crippen LogP contribution in [0.5, 0.6) is 0 Å². The van der Waals surface area contributed by atoms with Crippen LogP contribution in [-0.4, -0.2) is 38.9 Å². The number of fused-ring (bicyclic) bond motifs is 5. The highest BCUT2D eigenvalue weighted by Crippen LogP contribution is 2.69. The first-order chi connectivity index (χ1) is 12.1. The quantitative estimate of drug-likeness (QED) is 0.668. The summed E-state index contributed by atoms with van der Waals surface area (Å²) in [7, 11) is 0. The van der Waals surface area contributed by atoms with Gasteiger partial charge in [-0.3, -0.25) is 4.79 Å². The van der Waals surface area contributed by atoms with Gasteiger partial charge in [0.1, 0.15) is 5.60 Å². The van der Waals surface area contributed by atoms with Crippen LogP contribution in [0.15, 0.2) is 0 Å². The Morgan fingerprint density at radius 2 is 1.77 bits per heavy atom. The summed E-state index contributed by atoms with van der Waals surface area (Å²) >= 11 is 0. The lowest BCUT2D eigenvalue weighted by Gasteiger charge is -2.62. The summed E-state index contributed by atoms with van der Waals surface area (Å²) in [6, 6.07) is 0. The number of carbonyl (C=O) groups excluding carboxylic acids is 1. The molecule has 0 aromatic heterocycles. The van der Waals surface area contributed by atoms with Gasteiger partial charge in [-0.25, -0.2) is 0 Å². The van der Waals surface area contributed by atoms with Crippen molar-refractivity contribution in [3.8, 4) is 0 Å². The molecule has 0 aromatic carbocycles. The SMILES string of the molecule is CC(=O)[C@@]1(O)C(C)CC2C3CC[C@H]4CC(O)CCC4(C)C3C(O)CC21C. The van der Waals surface area contributed by atoms with Crippen LogP contribution >= 0.6 is 0 Å². The Morgan fingerprint density at radius 1 is 1.08 bits per heavy atom. The Kier molecular flexibility index (Phi) is 4.20. The maximum Gasteiger partial charge on any atom is 0.162 e. The Morgan fingerprint density at radius 3 is 2.42 bits per heavy atom. The van der Waals surface area contributed by atoms with Crippen molar-refractivity contribution in [1.29, 1.82) is 0 Å². The second-order valence-electron chi connectivity index (χ2n) is 10.7. The van der Waals surface area contributed by atoms with Gasteiger partial charge < -0.3 is 15.3 Å². The van der Waals surface area contributed by atoms with Crippen molar-refractivity contribution in [3.63, 3.8) is 0 Å². The molecule has 0 aromatic rings. The van der Waals surface area contributed by atoms with Crippen LogP contribution < -0.4 is 0 Å². The molecule has 0 spiro atoms. The van der Waals surface area contributed by atoms with Crippen molar-refractivity contribution >= 4 is 5.78 Å². The summed E-state index contributed by atoms with van der Waals surface area (Å²) in [5.41, 5.74) is -1.77. The van der Waals surface area contributed by atoms with Crippen molar-refractivity contribution in [2.45, 2.75) is 90.4 Å². The topological polar surface area (TPSA) is 77.8 Å². The predicted octanol–water partition coefficient (Wildman–Crippen LogP) is 2.93. The summed E-state index contributed by atoms with van der Waals surface area (Å²) in [6.45, 7) is 7.92. The van der Waals surface area contributed by atoms with Gasteiger partial charge in [0.25, 0.3) is 0 Å². The third kappa shape index (κ3) is 2.15. The molecule has 4 nitrogen and oxygen atoms in total. The van der Waals surface area contributed by atoms with Crippen LogP contribution in [0.2, 0.25) is 0 Å². The number of aliphatic hydroxyl groups is 3. The Balaban J connectivity index is 1.73. The van der Waals surface area contributed by atoms with Crippen LogP contribution in [0.3, 0.4) is 0 Å². The highest BCUT2D eigenvalue weighted by atomic mass is 16.3. The summed E-state index contributed by atoms with van der Waals surface area (Å²) in [5.74, 6) is 1.19. The zero-order valence-corrected chi connectivity index (χ0v) is 16.7. The van der Waals surface area contributed by atoms with E-state index in [9.17, 15) is 20.1 Å². The highest BCUT2D eigenvalue weighted by Gasteiger charge is 2.70. The first kappa shape index (κ1) is 18.9. The average Bonchev–Trinajstić information content (AvgIpc) is 2.76. The van der Waals surface area contributed by atoms with Gasteiger partial charge in [-0.05, 0) is 86.9 Å². The van der Waals surface area contributed by atoms with Crippen molar-refractivity contribution in [2.24, 2.45) is 40.4 Å². The summed E-state index contributed by atoms with van der Waals surface area (Å²) in [4.78, 5) is 12.5. The van der Waals surface area contributed by atoms with Gasteiger partial charge >= 0.3 is 0 Å². The molecule has 4 saturated carbocycles. The van der Waals surface area contributed by atoms with Gasteiger partial charge in [0.2, 0.25) is 0 Å². The number of hydrogen-bond acceptors (Lipinski definition) is 4. The molecule has 3 N–H and O–H groups in total. The molecule has 26 heavy (non-hydrogen) atoms. The summed E-state index contributed by atoms with van der Waals surface area (Å²) in [5, 5.41) is 32.9. The van der Waals surface area contributed by atoms with Gasteiger partial charge in [-0.1, -0.05) is 20.8 Å². The van der Waals surface area contributed by atoms with E-state index in [-0.39, 0.29) is 29.1 Å². The average molecular weight is 365 g/mol. The minimum Gasteiger partial charge on any atom is -0.393 e. The number of rotatable bonds is 1. The molecule has 4 rings (SSSR count). The third-order valence-corrected chi connectivity index (χ3v) is 9.69. The molecule has 0 radical (unpaired) electrons. The largest absolute Gasteiger partial charge is 0.393 e. The first-order valence-corrected chi connectivity index (χ1v) is 10.6. The maximum atomic E-state index is 12.5. The first-order valence-electron chi connectivity index (χ1n) is 10.6. The molecular formula is C22H36O4. The molecule has 0 bridgehead atoms. The van der Waals surface area contributed by atoms with Crippen LogP contribution in [0, 0.1) is 40.4 Å². The van der Waals surface area contributed by atoms with Crippen molar-refractivity contribution in [3.05, 3.63) is 0 Å². The fourth-order valence-electron chi connectivity index (χ4n) is 8.44. The van der Waals surface area contributed by atoms with Crippen LogP contribution in [-0.2, 0) is 4.79 Å².